The van der Waals surface area contributed by atoms with Crippen LogP contribution in [0.25, 0.3) is 42.6 Å². The molecule has 0 unspecified atom stereocenters. The second kappa shape index (κ2) is 7.95. The van der Waals surface area contributed by atoms with E-state index in [1.54, 1.807) is 12.3 Å². The summed E-state index contributed by atoms with van der Waals surface area (Å²) in [5.41, 5.74) is 7.08. The molecule has 172 valence electrons. The number of fused-ring (bicyclic) bond motifs is 3. The highest BCUT2D eigenvalue weighted by Gasteiger charge is 2.35. The number of halogens is 3. The summed E-state index contributed by atoms with van der Waals surface area (Å²) in [5.74, 6) is 0. The number of thiophene rings is 1. The second-order valence-electron chi connectivity index (χ2n) is 9.18. The van der Waals surface area contributed by atoms with Gasteiger partial charge in [-0.1, -0.05) is 34.9 Å². The average molecular weight is 476 g/mol. The zero-order valence-corrected chi connectivity index (χ0v) is 20.5. The van der Waals surface area contributed by atoms with Gasteiger partial charge in [0, 0.05) is 27.2 Å². The molecule has 3 aromatic carbocycles. The van der Waals surface area contributed by atoms with Gasteiger partial charge in [0.25, 0.3) is 0 Å². The van der Waals surface area contributed by atoms with Crippen LogP contribution < -0.4 is 0 Å². The maximum atomic E-state index is 14.3. The Morgan fingerprint density at radius 1 is 0.735 bits per heavy atom. The first-order valence-electron chi connectivity index (χ1n) is 11.1. The Kier molecular flexibility index (Phi) is 5.28. The molecule has 0 bridgehead atoms. The Balaban J connectivity index is 1.85. The van der Waals surface area contributed by atoms with Gasteiger partial charge >= 0.3 is 6.18 Å². The molecule has 1 nitrogen and oxygen atoms in total. The molecule has 0 atom stereocenters. The van der Waals surface area contributed by atoms with Gasteiger partial charge in [-0.2, -0.15) is 13.2 Å². The van der Waals surface area contributed by atoms with E-state index in [4.69, 9.17) is 0 Å². The monoisotopic (exact) mass is 475 g/mol. The molecule has 0 amide bonds. The minimum atomic E-state index is -4.47. The van der Waals surface area contributed by atoms with Gasteiger partial charge in [0.05, 0.1) is 16.0 Å². The summed E-state index contributed by atoms with van der Waals surface area (Å²) in [6.45, 7) is 9.80. The molecule has 2 aromatic heterocycles. The molecular weight excluding hydrogens is 451 g/mol. The first kappa shape index (κ1) is 22.6. The standard InChI is InChI=1S/C29H24F3NS/c1-15-8-16(2)12-20(11-15)27-28-21(6-7-33-27)22-13-24(29(30,31)32)23(14-25(22)34-28)26-18(4)9-17(3)10-19(26)5/h6-14H,1-5H3. The number of pyridine rings is 1. The van der Waals surface area contributed by atoms with Crippen LogP contribution in [0.15, 0.2) is 54.7 Å². The van der Waals surface area contributed by atoms with Crippen molar-refractivity contribution in [3.63, 3.8) is 0 Å². The van der Waals surface area contributed by atoms with E-state index in [0.717, 1.165) is 53.9 Å². The van der Waals surface area contributed by atoms with Crippen LogP contribution in [-0.2, 0) is 6.18 Å². The summed E-state index contributed by atoms with van der Waals surface area (Å²) in [5, 5.41) is 1.42. The van der Waals surface area contributed by atoms with Crippen molar-refractivity contribution in [2.75, 3.05) is 0 Å². The molecule has 0 fully saturated rings. The van der Waals surface area contributed by atoms with E-state index in [-0.39, 0.29) is 5.56 Å². The summed E-state index contributed by atoms with van der Waals surface area (Å²) >= 11 is 1.51. The largest absolute Gasteiger partial charge is 0.417 e. The molecule has 0 saturated carbocycles. The SMILES string of the molecule is Cc1cc(C)cc(-c2nccc3c2sc2cc(-c4c(C)cc(C)cc4C)c(C(F)(F)F)cc23)c1. The van der Waals surface area contributed by atoms with Crippen molar-refractivity contribution in [2.24, 2.45) is 0 Å². The maximum absolute atomic E-state index is 14.3. The van der Waals surface area contributed by atoms with Gasteiger partial charge < -0.3 is 0 Å². The molecule has 5 heteroatoms. The van der Waals surface area contributed by atoms with Crippen molar-refractivity contribution in [1.82, 2.24) is 4.98 Å². The lowest BCUT2D eigenvalue weighted by molar-refractivity contribution is -0.137. The molecule has 0 aliphatic carbocycles. The summed E-state index contributed by atoms with van der Waals surface area (Å²) in [4.78, 5) is 4.63. The van der Waals surface area contributed by atoms with Gasteiger partial charge in [-0.25, -0.2) is 0 Å². The van der Waals surface area contributed by atoms with Crippen LogP contribution in [0.5, 0.6) is 0 Å². The van der Waals surface area contributed by atoms with Crippen molar-refractivity contribution >= 4 is 31.5 Å². The number of benzene rings is 3. The predicted octanol–water partition coefficient (Wildman–Crippen LogP) is 9.34. The highest BCUT2D eigenvalue weighted by atomic mass is 32.1. The van der Waals surface area contributed by atoms with Crippen LogP contribution in [0, 0.1) is 34.6 Å². The van der Waals surface area contributed by atoms with Crippen molar-refractivity contribution in [3.8, 4) is 22.4 Å². The van der Waals surface area contributed by atoms with Gasteiger partial charge in [0.1, 0.15) is 0 Å². The zero-order chi connectivity index (χ0) is 24.4. The van der Waals surface area contributed by atoms with Crippen LogP contribution in [0.4, 0.5) is 13.2 Å². The fraction of sp³-hybridized carbons (Fsp3) is 0.207. The normalized spacial score (nSPS) is 12.1. The minimum absolute atomic E-state index is 0.238. The Hall–Kier alpha value is -3.18. The van der Waals surface area contributed by atoms with E-state index in [1.165, 1.54) is 17.4 Å². The van der Waals surface area contributed by atoms with E-state index in [2.05, 4.69) is 23.2 Å². The fourth-order valence-corrected chi connectivity index (χ4v) is 6.34. The molecule has 2 heterocycles. The second-order valence-corrected chi connectivity index (χ2v) is 10.2. The van der Waals surface area contributed by atoms with E-state index in [1.807, 2.05) is 52.8 Å². The number of hydrogen-bond acceptors (Lipinski definition) is 2. The van der Waals surface area contributed by atoms with Gasteiger partial charge in [-0.3, -0.25) is 4.98 Å². The van der Waals surface area contributed by atoms with Crippen molar-refractivity contribution in [2.45, 2.75) is 40.8 Å². The first-order valence-corrected chi connectivity index (χ1v) is 11.9. The van der Waals surface area contributed by atoms with E-state index in [9.17, 15) is 13.2 Å². The van der Waals surface area contributed by atoms with Crippen molar-refractivity contribution < 1.29 is 13.2 Å². The number of aryl methyl sites for hydroxylation is 5. The summed E-state index contributed by atoms with van der Waals surface area (Å²) < 4.78 is 44.7. The van der Waals surface area contributed by atoms with Crippen molar-refractivity contribution in [3.05, 3.63) is 88.1 Å². The third kappa shape index (κ3) is 3.78. The Morgan fingerprint density at radius 2 is 1.35 bits per heavy atom. The quantitative estimate of drug-likeness (QED) is 0.248. The first-order chi connectivity index (χ1) is 16.0. The maximum Gasteiger partial charge on any atom is 0.417 e. The number of rotatable bonds is 2. The number of nitrogens with zero attached hydrogens (tertiary/aromatic N) is 1. The van der Waals surface area contributed by atoms with Gasteiger partial charge in [0.15, 0.2) is 0 Å². The molecular formula is C29H24F3NS. The molecule has 5 rings (SSSR count). The minimum Gasteiger partial charge on any atom is -0.255 e. The summed E-state index contributed by atoms with van der Waals surface area (Å²) in [6, 6.07) is 15.0. The van der Waals surface area contributed by atoms with Crippen LogP contribution in [0.1, 0.15) is 33.4 Å². The Bertz CT molecular complexity index is 1550. The lowest BCUT2D eigenvalue weighted by atomic mass is 9.90. The Morgan fingerprint density at radius 3 is 1.97 bits per heavy atom. The lowest BCUT2D eigenvalue weighted by Crippen LogP contribution is -2.08. The number of aromatic nitrogens is 1. The highest BCUT2D eigenvalue weighted by Crippen LogP contribution is 2.46. The molecule has 0 aliphatic rings. The molecule has 0 saturated heterocycles. The number of alkyl halides is 3. The third-order valence-electron chi connectivity index (χ3n) is 6.27. The highest BCUT2D eigenvalue weighted by molar-refractivity contribution is 7.26. The molecule has 0 aliphatic heterocycles. The van der Waals surface area contributed by atoms with Gasteiger partial charge in [-0.05, 0) is 87.2 Å². The van der Waals surface area contributed by atoms with Crippen molar-refractivity contribution in [1.29, 1.82) is 0 Å². The van der Waals surface area contributed by atoms with E-state index < -0.39 is 11.7 Å². The zero-order valence-electron chi connectivity index (χ0n) is 19.7. The van der Waals surface area contributed by atoms with Gasteiger partial charge in [-0.15, -0.1) is 11.3 Å². The van der Waals surface area contributed by atoms with Crippen LogP contribution >= 0.6 is 11.3 Å². The third-order valence-corrected chi connectivity index (χ3v) is 7.45. The lowest BCUT2D eigenvalue weighted by Gasteiger charge is -2.18. The van der Waals surface area contributed by atoms with Crippen LogP contribution in [-0.4, -0.2) is 4.98 Å². The summed E-state index contributed by atoms with van der Waals surface area (Å²) in [6.07, 6.45) is -2.78. The number of hydrogen-bond donors (Lipinski definition) is 0. The summed E-state index contributed by atoms with van der Waals surface area (Å²) in [7, 11) is 0. The van der Waals surface area contributed by atoms with E-state index in [0.29, 0.717) is 10.9 Å². The molecule has 0 N–H and O–H groups in total. The molecule has 0 radical (unpaired) electrons. The average Bonchev–Trinajstić information content (AvgIpc) is 3.08. The van der Waals surface area contributed by atoms with Crippen LogP contribution in [0.3, 0.4) is 0 Å². The Labute approximate surface area is 200 Å². The molecule has 5 aromatic rings. The fourth-order valence-electron chi connectivity index (χ4n) is 5.11. The van der Waals surface area contributed by atoms with Crippen LogP contribution in [0.2, 0.25) is 0 Å². The van der Waals surface area contributed by atoms with Gasteiger partial charge in [0.2, 0.25) is 0 Å². The van der Waals surface area contributed by atoms with E-state index >= 15 is 0 Å². The predicted molar refractivity (Wildman–Crippen MR) is 137 cm³/mol. The molecule has 34 heavy (non-hydrogen) atoms. The smallest absolute Gasteiger partial charge is 0.255 e. The topological polar surface area (TPSA) is 12.9 Å². The molecule has 0 spiro atoms.